The Kier molecular flexibility index (Phi) is 10.3. The minimum absolute atomic E-state index is 0.0939. The summed E-state index contributed by atoms with van der Waals surface area (Å²) in [6.45, 7) is 14.2. The van der Waals surface area contributed by atoms with Crippen molar-refractivity contribution in [3.63, 3.8) is 0 Å². The van der Waals surface area contributed by atoms with Crippen LogP contribution in [0.2, 0.25) is 0 Å². The Bertz CT molecular complexity index is 696. The first kappa shape index (κ1) is 28.9. The van der Waals surface area contributed by atoms with Crippen molar-refractivity contribution in [1.82, 2.24) is 10.2 Å². The molecule has 0 radical (unpaired) electrons. The molecule has 2 amide bonds. The molecule has 1 rings (SSSR count). The average Bonchev–Trinajstić information content (AvgIpc) is 3.01. The van der Waals surface area contributed by atoms with Crippen LogP contribution >= 0.6 is 0 Å². The van der Waals surface area contributed by atoms with Gasteiger partial charge >= 0.3 is 12.1 Å². The van der Waals surface area contributed by atoms with Gasteiger partial charge in [-0.25, -0.2) is 9.59 Å². The highest BCUT2D eigenvalue weighted by molar-refractivity contribution is 5.84. The number of nitrogens with one attached hydrogen (secondary N) is 1. The fourth-order valence-electron chi connectivity index (χ4n) is 4.22. The van der Waals surface area contributed by atoms with Crippen molar-refractivity contribution in [3.8, 4) is 0 Å². The molecule has 0 aromatic heterocycles. The number of carbonyl (C=O) groups is 4. The van der Waals surface area contributed by atoms with E-state index in [1.807, 2.05) is 6.92 Å². The molecule has 5 atom stereocenters. The summed E-state index contributed by atoms with van der Waals surface area (Å²) < 4.78 is 16.5. The second-order valence-corrected chi connectivity index (χ2v) is 10.7. The number of ether oxygens (including phenoxy) is 3. The van der Waals surface area contributed by atoms with Crippen molar-refractivity contribution in [2.75, 3.05) is 13.7 Å². The van der Waals surface area contributed by atoms with E-state index >= 15 is 0 Å². The number of rotatable bonds is 9. The minimum Gasteiger partial charge on any atom is -0.458 e. The molecule has 1 N–H and O–H groups in total. The number of aldehydes is 1. The molecule has 1 saturated heterocycles. The van der Waals surface area contributed by atoms with E-state index < -0.39 is 41.3 Å². The Morgan fingerprint density at radius 1 is 1.09 bits per heavy atom. The molecule has 0 bridgehead atoms. The highest BCUT2D eigenvalue weighted by Crippen LogP contribution is 2.36. The van der Waals surface area contributed by atoms with Gasteiger partial charge in [-0.15, -0.1) is 0 Å². The van der Waals surface area contributed by atoms with Crippen molar-refractivity contribution in [2.45, 2.75) is 104 Å². The number of hydrogen-bond donors (Lipinski definition) is 1. The maximum atomic E-state index is 13.2. The Morgan fingerprint density at radius 2 is 1.67 bits per heavy atom. The normalized spacial score (nSPS) is 22.9. The summed E-state index contributed by atoms with van der Waals surface area (Å²) in [7, 11) is 1.55. The average molecular weight is 471 g/mol. The number of esters is 1. The molecule has 1 fully saturated rings. The van der Waals surface area contributed by atoms with Crippen molar-refractivity contribution >= 4 is 24.3 Å². The highest BCUT2D eigenvalue weighted by Gasteiger charge is 2.50. The van der Waals surface area contributed by atoms with Crippen LogP contribution in [0.1, 0.15) is 74.7 Å². The third-order valence-electron chi connectivity index (χ3n) is 5.51. The molecule has 2 unspecified atom stereocenters. The Morgan fingerprint density at radius 3 is 2.09 bits per heavy atom. The van der Waals surface area contributed by atoms with Crippen molar-refractivity contribution in [3.05, 3.63) is 0 Å². The van der Waals surface area contributed by atoms with Crippen LogP contribution in [0.15, 0.2) is 0 Å². The fraction of sp³-hybridized carbons (Fsp3) is 0.833. The predicted molar refractivity (Wildman–Crippen MR) is 124 cm³/mol. The first-order chi connectivity index (χ1) is 15.1. The lowest BCUT2D eigenvalue weighted by Crippen LogP contribution is -2.51. The lowest BCUT2D eigenvalue weighted by molar-refractivity contribution is -0.160. The SMILES string of the molecule is CCC(C[C@@H]1[C@H](C=O)C[C@H](C(=O)OC(C)(C)C)N1C(=O)OC(C)(C)C)C(COC)NC(C)=O. The zero-order valence-corrected chi connectivity index (χ0v) is 21.6. The van der Waals surface area contributed by atoms with Gasteiger partial charge in [0.2, 0.25) is 5.91 Å². The van der Waals surface area contributed by atoms with Crippen molar-refractivity contribution in [1.29, 1.82) is 0 Å². The monoisotopic (exact) mass is 470 g/mol. The second-order valence-electron chi connectivity index (χ2n) is 10.7. The Hall–Kier alpha value is -2.16. The number of methoxy groups -OCH3 is 1. The quantitative estimate of drug-likeness (QED) is 0.407. The summed E-state index contributed by atoms with van der Waals surface area (Å²) in [4.78, 5) is 51.4. The van der Waals surface area contributed by atoms with Gasteiger partial charge in [0.1, 0.15) is 23.5 Å². The second kappa shape index (κ2) is 11.8. The zero-order valence-electron chi connectivity index (χ0n) is 21.6. The molecule has 1 heterocycles. The summed E-state index contributed by atoms with van der Waals surface area (Å²) in [5.41, 5.74) is -1.52. The maximum absolute atomic E-state index is 13.2. The summed E-state index contributed by atoms with van der Waals surface area (Å²) in [5.74, 6) is -1.41. The van der Waals surface area contributed by atoms with Crippen LogP contribution in [0.25, 0.3) is 0 Å². The van der Waals surface area contributed by atoms with E-state index in [0.29, 0.717) is 19.4 Å². The molecule has 9 heteroatoms. The largest absolute Gasteiger partial charge is 0.458 e. The molecule has 9 nitrogen and oxygen atoms in total. The molecule has 0 aromatic rings. The van der Waals surface area contributed by atoms with Gasteiger partial charge in [-0.1, -0.05) is 13.3 Å². The van der Waals surface area contributed by atoms with Gasteiger partial charge < -0.3 is 24.3 Å². The predicted octanol–water partition coefficient (Wildman–Crippen LogP) is 3.09. The van der Waals surface area contributed by atoms with E-state index in [-0.39, 0.29) is 24.3 Å². The van der Waals surface area contributed by atoms with Gasteiger partial charge in [-0.2, -0.15) is 0 Å². The van der Waals surface area contributed by atoms with Crippen LogP contribution in [0.5, 0.6) is 0 Å². The van der Waals surface area contributed by atoms with Crippen LogP contribution in [0, 0.1) is 11.8 Å². The standard InChI is InChI=1S/C24H42N2O7/c1-10-16(18(14-31-9)25-15(2)28)11-19-17(13-27)12-20(21(29)32-23(3,4)5)26(19)22(30)33-24(6,7)8/h13,16-20H,10-12,14H2,1-9H3,(H,25,28)/t16?,17-,18?,19+,20+/m0/s1. The molecule has 33 heavy (non-hydrogen) atoms. The molecule has 0 aliphatic carbocycles. The molecule has 0 saturated carbocycles. The zero-order chi connectivity index (χ0) is 25.6. The van der Waals surface area contributed by atoms with Gasteiger partial charge in [0, 0.05) is 26.0 Å². The van der Waals surface area contributed by atoms with Gasteiger partial charge in [0.15, 0.2) is 0 Å². The van der Waals surface area contributed by atoms with Gasteiger partial charge in [0.25, 0.3) is 0 Å². The van der Waals surface area contributed by atoms with Crippen LogP contribution in [-0.2, 0) is 28.6 Å². The number of hydrogen-bond acceptors (Lipinski definition) is 7. The molecule has 0 spiro atoms. The topological polar surface area (TPSA) is 111 Å². The van der Waals surface area contributed by atoms with E-state index in [2.05, 4.69) is 5.32 Å². The van der Waals surface area contributed by atoms with Gasteiger partial charge in [0.05, 0.1) is 12.6 Å². The molecule has 1 aliphatic rings. The molecule has 1 aliphatic heterocycles. The minimum atomic E-state index is -0.932. The van der Waals surface area contributed by atoms with E-state index in [9.17, 15) is 19.2 Å². The van der Waals surface area contributed by atoms with Crippen LogP contribution in [0.3, 0.4) is 0 Å². The smallest absolute Gasteiger partial charge is 0.411 e. The number of likely N-dealkylation sites (tertiary alicyclic amines) is 1. The van der Waals surface area contributed by atoms with E-state index in [4.69, 9.17) is 14.2 Å². The number of carbonyl (C=O) groups excluding carboxylic acids is 4. The first-order valence-corrected chi connectivity index (χ1v) is 11.6. The Labute approximate surface area is 197 Å². The van der Waals surface area contributed by atoms with E-state index in [1.165, 1.54) is 11.8 Å². The lowest BCUT2D eigenvalue weighted by atomic mass is 9.85. The number of nitrogens with zero attached hydrogens (tertiary/aromatic N) is 1. The summed E-state index contributed by atoms with van der Waals surface area (Å²) in [6, 6.07) is -1.81. The van der Waals surface area contributed by atoms with Crippen molar-refractivity contribution < 1.29 is 33.4 Å². The molecule has 0 aromatic carbocycles. The van der Waals surface area contributed by atoms with Crippen LogP contribution in [-0.4, -0.2) is 72.2 Å². The molecular formula is C24H42N2O7. The maximum Gasteiger partial charge on any atom is 0.411 e. The summed E-state index contributed by atoms with van der Waals surface area (Å²) in [6.07, 6.45) is 1.37. The molecule has 190 valence electrons. The van der Waals surface area contributed by atoms with Crippen LogP contribution < -0.4 is 5.32 Å². The summed E-state index contributed by atoms with van der Waals surface area (Å²) in [5, 5.41) is 2.91. The van der Waals surface area contributed by atoms with Crippen LogP contribution in [0.4, 0.5) is 4.79 Å². The first-order valence-electron chi connectivity index (χ1n) is 11.6. The van der Waals surface area contributed by atoms with Gasteiger partial charge in [-0.05, 0) is 60.3 Å². The summed E-state index contributed by atoms with van der Waals surface area (Å²) >= 11 is 0. The third kappa shape index (κ3) is 8.95. The van der Waals surface area contributed by atoms with E-state index in [1.54, 1.807) is 48.7 Å². The highest BCUT2D eigenvalue weighted by atomic mass is 16.6. The van der Waals surface area contributed by atoms with E-state index in [0.717, 1.165) is 6.29 Å². The molecular weight excluding hydrogens is 428 g/mol. The third-order valence-corrected chi connectivity index (χ3v) is 5.51. The van der Waals surface area contributed by atoms with Crippen molar-refractivity contribution in [2.24, 2.45) is 11.8 Å². The fourth-order valence-corrected chi connectivity index (χ4v) is 4.22. The Balaban J connectivity index is 3.34. The number of amides is 2. The van der Waals surface area contributed by atoms with Gasteiger partial charge in [-0.3, -0.25) is 9.69 Å². The lowest BCUT2D eigenvalue weighted by Gasteiger charge is -2.36.